The second-order valence-corrected chi connectivity index (χ2v) is 7.62. The van der Waals surface area contributed by atoms with Crippen molar-refractivity contribution in [2.45, 2.75) is 37.6 Å². The van der Waals surface area contributed by atoms with Crippen LogP contribution in [0.15, 0.2) is 29.2 Å². The molecule has 1 saturated carbocycles. The van der Waals surface area contributed by atoms with Gasteiger partial charge in [-0.2, -0.15) is 4.31 Å². The molecule has 5 heteroatoms. The molecule has 1 aliphatic rings. The van der Waals surface area contributed by atoms with Crippen molar-refractivity contribution < 1.29 is 8.42 Å². The highest BCUT2D eigenvalue weighted by molar-refractivity contribution is 7.89. The van der Waals surface area contributed by atoms with Crippen LogP contribution < -0.4 is 5.73 Å². The van der Waals surface area contributed by atoms with E-state index in [1.165, 1.54) is 0 Å². The van der Waals surface area contributed by atoms with E-state index in [2.05, 4.69) is 11.8 Å². The van der Waals surface area contributed by atoms with Crippen molar-refractivity contribution in [2.75, 3.05) is 13.1 Å². The summed E-state index contributed by atoms with van der Waals surface area (Å²) in [6, 6.07) is 6.90. The summed E-state index contributed by atoms with van der Waals surface area (Å²) in [5.74, 6) is 5.97. The zero-order valence-electron chi connectivity index (χ0n) is 12.5. The van der Waals surface area contributed by atoms with Gasteiger partial charge >= 0.3 is 0 Å². The fourth-order valence-corrected chi connectivity index (χ4v) is 4.01. The summed E-state index contributed by atoms with van der Waals surface area (Å²) >= 11 is 0. The Morgan fingerprint density at radius 2 is 1.90 bits per heavy atom. The van der Waals surface area contributed by atoms with Crippen LogP contribution in [-0.4, -0.2) is 31.9 Å². The van der Waals surface area contributed by atoms with Crippen molar-refractivity contribution in [3.8, 4) is 11.8 Å². The molecule has 0 saturated heterocycles. The van der Waals surface area contributed by atoms with Gasteiger partial charge in [-0.15, -0.1) is 0 Å². The van der Waals surface area contributed by atoms with Crippen LogP contribution in [-0.2, 0) is 10.0 Å². The van der Waals surface area contributed by atoms with Gasteiger partial charge in [0.05, 0.1) is 11.4 Å². The van der Waals surface area contributed by atoms with E-state index < -0.39 is 10.0 Å². The summed E-state index contributed by atoms with van der Waals surface area (Å²) in [6.45, 7) is 4.94. The van der Waals surface area contributed by atoms with Crippen molar-refractivity contribution in [3.63, 3.8) is 0 Å². The van der Waals surface area contributed by atoms with E-state index in [9.17, 15) is 8.42 Å². The smallest absolute Gasteiger partial charge is 0.243 e. The Morgan fingerprint density at radius 3 is 2.38 bits per heavy atom. The predicted molar refractivity (Wildman–Crippen MR) is 84.1 cm³/mol. The molecule has 21 heavy (non-hydrogen) atoms. The Balaban J connectivity index is 2.25. The normalized spacial score (nSPS) is 15.1. The molecule has 114 valence electrons. The monoisotopic (exact) mass is 306 g/mol. The standard InChI is InChI=1S/C16H22N2O2S/c1-13(2)12-18(15-7-8-15)21(19,20)16-9-5-14(6-10-16)4-3-11-17/h5-6,9-10,13,15H,7-8,11-12,17H2,1-2H3. The van der Waals surface area contributed by atoms with Crippen molar-refractivity contribution >= 4 is 10.0 Å². The molecule has 0 amide bonds. The molecule has 4 nitrogen and oxygen atoms in total. The fraction of sp³-hybridized carbons (Fsp3) is 0.500. The third kappa shape index (κ3) is 4.07. The molecule has 0 unspecified atom stereocenters. The van der Waals surface area contributed by atoms with Crippen molar-refractivity contribution in [1.29, 1.82) is 0 Å². The highest BCUT2D eigenvalue weighted by Gasteiger charge is 2.38. The largest absolute Gasteiger partial charge is 0.320 e. The van der Waals surface area contributed by atoms with E-state index in [4.69, 9.17) is 5.73 Å². The average molecular weight is 306 g/mol. The molecule has 0 aliphatic heterocycles. The SMILES string of the molecule is CC(C)CN(C1CC1)S(=O)(=O)c1ccc(C#CCN)cc1. The van der Waals surface area contributed by atoms with Gasteiger partial charge in [0.15, 0.2) is 0 Å². The Kier molecular flexibility index (Phi) is 5.04. The highest BCUT2D eigenvalue weighted by Crippen LogP contribution is 2.32. The third-order valence-electron chi connectivity index (χ3n) is 3.29. The molecule has 1 aliphatic carbocycles. The zero-order chi connectivity index (χ0) is 15.5. The van der Waals surface area contributed by atoms with Crippen LogP contribution in [0.5, 0.6) is 0 Å². The fourth-order valence-electron chi connectivity index (χ4n) is 2.16. The predicted octanol–water partition coefficient (Wildman–Crippen LogP) is 1.81. The molecule has 0 radical (unpaired) electrons. The Labute approximate surface area is 127 Å². The Hall–Kier alpha value is -1.35. The van der Waals surface area contributed by atoms with Crippen LogP contribution in [0.25, 0.3) is 0 Å². The van der Waals surface area contributed by atoms with Crippen LogP contribution in [0.3, 0.4) is 0 Å². The molecule has 0 bridgehead atoms. The zero-order valence-corrected chi connectivity index (χ0v) is 13.4. The molecule has 2 N–H and O–H groups in total. The molecule has 0 aromatic heterocycles. The molecular formula is C16H22N2O2S. The van der Waals surface area contributed by atoms with Crippen molar-refractivity contribution in [3.05, 3.63) is 29.8 Å². The van der Waals surface area contributed by atoms with Crippen LogP contribution in [0.1, 0.15) is 32.3 Å². The van der Waals surface area contributed by atoms with Crippen LogP contribution in [0.4, 0.5) is 0 Å². The van der Waals surface area contributed by atoms with E-state index in [0.29, 0.717) is 23.9 Å². The van der Waals surface area contributed by atoms with E-state index in [0.717, 1.165) is 18.4 Å². The first-order valence-electron chi connectivity index (χ1n) is 7.26. The number of rotatable bonds is 5. The van der Waals surface area contributed by atoms with Gasteiger partial charge in [-0.05, 0) is 43.0 Å². The van der Waals surface area contributed by atoms with Crippen molar-refractivity contribution in [1.82, 2.24) is 4.31 Å². The lowest BCUT2D eigenvalue weighted by molar-refractivity contribution is 0.360. The highest BCUT2D eigenvalue weighted by atomic mass is 32.2. The number of benzene rings is 1. The summed E-state index contributed by atoms with van der Waals surface area (Å²) in [7, 11) is -3.41. The van der Waals surface area contributed by atoms with Gasteiger partial charge in [0.1, 0.15) is 0 Å². The van der Waals surface area contributed by atoms with E-state index in [-0.39, 0.29) is 6.04 Å². The van der Waals surface area contributed by atoms with Gasteiger partial charge in [-0.3, -0.25) is 0 Å². The Bertz CT molecular complexity index is 635. The maximum absolute atomic E-state index is 12.7. The van der Waals surface area contributed by atoms with E-state index in [1.54, 1.807) is 28.6 Å². The molecule has 0 heterocycles. The lowest BCUT2D eigenvalue weighted by atomic mass is 10.2. The minimum Gasteiger partial charge on any atom is -0.320 e. The van der Waals surface area contributed by atoms with Gasteiger partial charge in [0, 0.05) is 18.2 Å². The summed E-state index contributed by atoms with van der Waals surface area (Å²) < 4.78 is 27.1. The molecule has 2 rings (SSSR count). The second kappa shape index (κ2) is 6.61. The lowest BCUT2D eigenvalue weighted by Gasteiger charge is -2.23. The number of hydrogen-bond acceptors (Lipinski definition) is 3. The number of hydrogen-bond donors (Lipinski definition) is 1. The molecule has 1 fully saturated rings. The topological polar surface area (TPSA) is 63.4 Å². The maximum atomic E-state index is 12.7. The van der Waals surface area contributed by atoms with Crippen LogP contribution >= 0.6 is 0 Å². The summed E-state index contributed by atoms with van der Waals surface area (Å²) in [5.41, 5.74) is 6.10. The minimum absolute atomic E-state index is 0.175. The molecule has 0 spiro atoms. The average Bonchev–Trinajstić information content (AvgIpc) is 3.27. The van der Waals surface area contributed by atoms with Gasteiger partial charge < -0.3 is 5.73 Å². The first-order chi connectivity index (χ1) is 9.95. The van der Waals surface area contributed by atoms with Gasteiger partial charge in [0.2, 0.25) is 10.0 Å². The summed E-state index contributed by atoms with van der Waals surface area (Å²) in [6.07, 6.45) is 1.93. The summed E-state index contributed by atoms with van der Waals surface area (Å²) in [5, 5.41) is 0. The van der Waals surface area contributed by atoms with Crippen LogP contribution in [0, 0.1) is 17.8 Å². The first-order valence-corrected chi connectivity index (χ1v) is 8.70. The second-order valence-electron chi connectivity index (χ2n) is 5.73. The first kappa shape index (κ1) is 16.0. The molecule has 1 aromatic carbocycles. The maximum Gasteiger partial charge on any atom is 0.243 e. The van der Waals surface area contributed by atoms with Gasteiger partial charge in [-0.1, -0.05) is 25.7 Å². The molecular weight excluding hydrogens is 284 g/mol. The molecule has 0 atom stereocenters. The number of nitrogens with zero attached hydrogens (tertiary/aromatic N) is 1. The van der Waals surface area contributed by atoms with Gasteiger partial charge in [0.25, 0.3) is 0 Å². The Morgan fingerprint density at radius 1 is 1.29 bits per heavy atom. The summed E-state index contributed by atoms with van der Waals surface area (Å²) in [4.78, 5) is 0.341. The minimum atomic E-state index is -3.41. The van der Waals surface area contributed by atoms with E-state index >= 15 is 0 Å². The van der Waals surface area contributed by atoms with Gasteiger partial charge in [-0.25, -0.2) is 8.42 Å². The third-order valence-corrected chi connectivity index (χ3v) is 5.23. The number of nitrogens with two attached hydrogens (primary N) is 1. The number of sulfonamides is 1. The molecule has 1 aromatic rings. The van der Waals surface area contributed by atoms with E-state index in [1.807, 2.05) is 13.8 Å². The van der Waals surface area contributed by atoms with Crippen LogP contribution in [0.2, 0.25) is 0 Å². The van der Waals surface area contributed by atoms with Crippen molar-refractivity contribution in [2.24, 2.45) is 11.7 Å². The quantitative estimate of drug-likeness (QED) is 0.844. The lowest BCUT2D eigenvalue weighted by Crippen LogP contribution is -2.36.